The molecule has 0 saturated carbocycles. The van der Waals surface area contributed by atoms with E-state index in [0.717, 1.165) is 40.2 Å². The molecule has 3 aromatic carbocycles. The molecule has 0 bridgehead atoms. The summed E-state index contributed by atoms with van der Waals surface area (Å²) >= 11 is 0. The number of amides is 1. The van der Waals surface area contributed by atoms with E-state index >= 15 is 0 Å². The molecule has 35 heavy (non-hydrogen) atoms. The van der Waals surface area contributed by atoms with E-state index in [2.05, 4.69) is 5.32 Å². The van der Waals surface area contributed by atoms with Gasteiger partial charge in [0.05, 0.1) is 25.1 Å². The van der Waals surface area contributed by atoms with Crippen LogP contribution >= 0.6 is 0 Å². The number of benzene rings is 3. The van der Waals surface area contributed by atoms with E-state index in [1.165, 1.54) is 24.3 Å². The first kappa shape index (κ1) is 26.2. The van der Waals surface area contributed by atoms with Gasteiger partial charge in [0.2, 0.25) is 10.0 Å². The van der Waals surface area contributed by atoms with E-state index in [1.54, 1.807) is 18.2 Å². The molecule has 6 nitrogen and oxygen atoms in total. The highest BCUT2D eigenvalue weighted by molar-refractivity contribution is 7.92. The van der Waals surface area contributed by atoms with Gasteiger partial charge in [0.1, 0.15) is 11.6 Å². The Bertz CT molecular complexity index is 1270. The Morgan fingerprint density at radius 3 is 2.11 bits per heavy atom. The topological polar surface area (TPSA) is 75.7 Å². The van der Waals surface area contributed by atoms with E-state index < -0.39 is 15.8 Å². The van der Waals surface area contributed by atoms with Gasteiger partial charge in [0, 0.05) is 16.8 Å². The van der Waals surface area contributed by atoms with Crippen molar-refractivity contribution in [2.45, 2.75) is 40.2 Å². The number of para-hydroxylation sites is 1. The summed E-state index contributed by atoms with van der Waals surface area (Å²) in [5, 5.41) is 3.04. The van der Waals surface area contributed by atoms with Crippen molar-refractivity contribution in [2.75, 3.05) is 22.5 Å². The number of halogens is 1. The molecule has 0 saturated heterocycles. The third-order valence-electron chi connectivity index (χ3n) is 5.69. The average Bonchev–Trinajstić information content (AvgIpc) is 2.83. The molecule has 0 heterocycles. The van der Waals surface area contributed by atoms with E-state index in [0.29, 0.717) is 29.2 Å². The Balaban J connectivity index is 1.99. The SMILES string of the molecule is CCOc1ccc(C(=O)Nc2c(CC)cccc2CC)cc1CN(c1ccc(F)cc1)S(C)(=O)=O. The number of hydrogen-bond acceptors (Lipinski definition) is 4. The predicted octanol–water partition coefficient (Wildman–Crippen LogP) is 5.57. The van der Waals surface area contributed by atoms with Crippen LogP contribution < -0.4 is 14.4 Å². The van der Waals surface area contributed by atoms with Crippen molar-refractivity contribution in [1.82, 2.24) is 0 Å². The lowest BCUT2D eigenvalue weighted by atomic mass is 10.0. The molecule has 0 aliphatic rings. The summed E-state index contributed by atoms with van der Waals surface area (Å²) in [7, 11) is -3.71. The second kappa shape index (κ2) is 11.4. The molecule has 0 spiro atoms. The number of sulfonamides is 1. The molecule has 1 amide bonds. The number of ether oxygens (including phenoxy) is 1. The van der Waals surface area contributed by atoms with Gasteiger partial charge < -0.3 is 10.1 Å². The molecule has 0 aromatic heterocycles. The summed E-state index contributed by atoms with van der Waals surface area (Å²) in [6.45, 7) is 6.19. The molecule has 0 atom stereocenters. The molecule has 3 aromatic rings. The summed E-state index contributed by atoms with van der Waals surface area (Å²) in [6.07, 6.45) is 2.64. The zero-order valence-electron chi connectivity index (χ0n) is 20.5. The molecule has 3 rings (SSSR count). The number of nitrogens with zero attached hydrogens (tertiary/aromatic N) is 1. The molecule has 0 unspecified atom stereocenters. The number of rotatable bonds is 10. The van der Waals surface area contributed by atoms with E-state index in [1.807, 2.05) is 39.0 Å². The highest BCUT2D eigenvalue weighted by Gasteiger charge is 2.21. The molecule has 0 aliphatic heterocycles. The van der Waals surface area contributed by atoms with Crippen LogP contribution in [-0.2, 0) is 29.4 Å². The minimum absolute atomic E-state index is 0.0767. The Hall–Kier alpha value is -3.39. The lowest BCUT2D eigenvalue weighted by molar-refractivity contribution is 0.102. The van der Waals surface area contributed by atoms with Gasteiger partial charge >= 0.3 is 0 Å². The standard InChI is InChI=1S/C27H31FN2O4S/c1-5-19-9-8-10-20(6-2)26(19)29-27(31)21-11-16-25(34-7-3)22(17-21)18-30(35(4,32)33)24-14-12-23(28)13-15-24/h8-17H,5-7,18H2,1-4H3,(H,29,31). The fraction of sp³-hybridized carbons (Fsp3) is 0.296. The van der Waals surface area contributed by atoms with Crippen LogP contribution in [0.5, 0.6) is 5.75 Å². The highest BCUT2D eigenvalue weighted by atomic mass is 32.2. The summed E-state index contributed by atoms with van der Waals surface area (Å²) in [4.78, 5) is 13.2. The first-order chi connectivity index (χ1) is 16.7. The van der Waals surface area contributed by atoms with Crippen LogP contribution in [0.4, 0.5) is 15.8 Å². The van der Waals surface area contributed by atoms with Gasteiger partial charge in [0.15, 0.2) is 0 Å². The van der Waals surface area contributed by atoms with Gasteiger partial charge in [-0.25, -0.2) is 12.8 Å². The van der Waals surface area contributed by atoms with Gasteiger partial charge in [-0.15, -0.1) is 0 Å². The minimum Gasteiger partial charge on any atom is -0.494 e. The second-order valence-electron chi connectivity index (χ2n) is 8.11. The largest absolute Gasteiger partial charge is 0.494 e. The lowest BCUT2D eigenvalue weighted by Crippen LogP contribution is -2.29. The van der Waals surface area contributed by atoms with Crippen molar-refractivity contribution >= 4 is 27.3 Å². The first-order valence-corrected chi connectivity index (χ1v) is 13.4. The zero-order chi connectivity index (χ0) is 25.6. The Kier molecular flexibility index (Phi) is 8.51. The van der Waals surface area contributed by atoms with E-state index in [-0.39, 0.29) is 12.5 Å². The normalized spacial score (nSPS) is 11.2. The number of anilines is 2. The fourth-order valence-electron chi connectivity index (χ4n) is 3.89. The van der Waals surface area contributed by atoms with E-state index in [4.69, 9.17) is 4.74 Å². The summed E-state index contributed by atoms with van der Waals surface area (Å²) in [6, 6.07) is 16.2. The monoisotopic (exact) mass is 498 g/mol. The maximum absolute atomic E-state index is 13.4. The van der Waals surface area contributed by atoms with Crippen LogP contribution in [0.2, 0.25) is 0 Å². The van der Waals surface area contributed by atoms with Gasteiger partial charge in [-0.05, 0) is 73.4 Å². The molecule has 186 valence electrons. The van der Waals surface area contributed by atoms with Crippen LogP contribution in [0.1, 0.15) is 47.8 Å². The molecule has 8 heteroatoms. The summed E-state index contributed by atoms with van der Waals surface area (Å²) in [5.41, 5.74) is 4.11. The fourth-order valence-corrected chi connectivity index (χ4v) is 4.77. The third kappa shape index (κ3) is 6.39. The van der Waals surface area contributed by atoms with Crippen molar-refractivity contribution in [3.8, 4) is 5.75 Å². The quantitative estimate of drug-likeness (QED) is 0.397. The van der Waals surface area contributed by atoms with Crippen molar-refractivity contribution in [2.24, 2.45) is 0 Å². The van der Waals surface area contributed by atoms with E-state index in [9.17, 15) is 17.6 Å². The number of nitrogens with one attached hydrogen (secondary N) is 1. The number of carbonyl (C=O) groups is 1. The highest BCUT2D eigenvalue weighted by Crippen LogP contribution is 2.28. The van der Waals surface area contributed by atoms with Crippen LogP contribution in [0.25, 0.3) is 0 Å². The Labute approximate surface area is 206 Å². The summed E-state index contributed by atoms with van der Waals surface area (Å²) in [5.74, 6) is -0.282. The number of hydrogen-bond donors (Lipinski definition) is 1. The molecule has 0 radical (unpaired) electrons. The first-order valence-electron chi connectivity index (χ1n) is 11.6. The lowest BCUT2D eigenvalue weighted by Gasteiger charge is -2.24. The summed E-state index contributed by atoms with van der Waals surface area (Å²) < 4.78 is 45.5. The molecular formula is C27H31FN2O4S. The number of aryl methyl sites for hydroxylation is 2. The smallest absolute Gasteiger partial charge is 0.255 e. The van der Waals surface area contributed by atoms with Crippen molar-refractivity contribution in [1.29, 1.82) is 0 Å². The minimum atomic E-state index is -3.71. The van der Waals surface area contributed by atoms with Crippen LogP contribution in [0, 0.1) is 5.82 Å². The predicted molar refractivity (Wildman–Crippen MR) is 138 cm³/mol. The average molecular weight is 499 g/mol. The van der Waals surface area contributed by atoms with Crippen LogP contribution in [0.3, 0.4) is 0 Å². The second-order valence-corrected chi connectivity index (χ2v) is 10.0. The molecular weight excluding hydrogens is 467 g/mol. The van der Waals surface area contributed by atoms with Crippen molar-refractivity contribution in [3.63, 3.8) is 0 Å². The van der Waals surface area contributed by atoms with Gasteiger partial charge in [-0.1, -0.05) is 32.0 Å². The molecule has 0 aliphatic carbocycles. The Morgan fingerprint density at radius 2 is 1.57 bits per heavy atom. The number of carbonyl (C=O) groups excluding carboxylic acids is 1. The van der Waals surface area contributed by atoms with Crippen molar-refractivity contribution < 1.29 is 22.3 Å². The maximum atomic E-state index is 13.4. The van der Waals surface area contributed by atoms with Crippen molar-refractivity contribution in [3.05, 3.63) is 88.7 Å². The Morgan fingerprint density at radius 1 is 0.943 bits per heavy atom. The maximum Gasteiger partial charge on any atom is 0.255 e. The third-order valence-corrected chi connectivity index (χ3v) is 6.83. The van der Waals surface area contributed by atoms with Crippen LogP contribution in [-0.4, -0.2) is 27.2 Å². The molecule has 1 N–H and O–H groups in total. The van der Waals surface area contributed by atoms with Gasteiger partial charge in [-0.3, -0.25) is 9.10 Å². The van der Waals surface area contributed by atoms with Gasteiger partial charge in [-0.2, -0.15) is 0 Å². The zero-order valence-corrected chi connectivity index (χ0v) is 21.3. The van der Waals surface area contributed by atoms with Crippen LogP contribution in [0.15, 0.2) is 60.7 Å². The van der Waals surface area contributed by atoms with Gasteiger partial charge in [0.25, 0.3) is 5.91 Å². The molecule has 0 fully saturated rings.